The number of carbonyl (C=O) groups is 3. The smallest absolute Gasteiger partial charge is 0.417 e. The van der Waals surface area contributed by atoms with E-state index in [0.717, 1.165) is 93.3 Å². The molecule has 312 valence electrons. The first-order chi connectivity index (χ1) is 28.1. The van der Waals surface area contributed by atoms with E-state index in [4.69, 9.17) is 10.00 Å². The predicted octanol–water partition coefficient (Wildman–Crippen LogP) is 9.03. The quantitative estimate of drug-likeness (QED) is 0.130. The zero-order chi connectivity index (χ0) is 42.1. The van der Waals surface area contributed by atoms with Crippen molar-refractivity contribution in [1.29, 1.82) is 5.26 Å². The number of imide groups is 1. The van der Waals surface area contributed by atoms with Gasteiger partial charge in [-0.25, -0.2) is 4.79 Å². The lowest BCUT2D eigenvalue weighted by atomic mass is 9.49. The van der Waals surface area contributed by atoms with E-state index in [1.54, 1.807) is 11.0 Å². The molecule has 0 radical (unpaired) electrons. The van der Waals surface area contributed by atoms with Crippen LogP contribution in [-0.4, -0.2) is 65.6 Å². The fourth-order valence-corrected chi connectivity index (χ4v) is 9.86. The highest BCUT2D eigenvalue weighted by Crippen LogP contribution is 2.56. The molecule has 4 aromatic rings. The zero-order valence-corrected chi connectivity index (χ0v) is 34.2. The van der Waals surface area contributed by atoms with Gasteiger partial charge in [0.1, 0.15) is 11.9 Å². The van der Waals surface area contributed by atoms with Crippen molar-refractivity contribution in [2.24, 2.45) is 10.8 Å². The van der Waals surface area contributed by atoms with E-state index in [9.17, 15) is 27.6 Å². The molecule has 2 N–H and O–H groups in total. The minimum Gasteiger partial charge on any atom is -0.489 e. The third kappa shape index (κ3) is 8.69. The van der Waals surface area contributed by atoms with Gasteiger partial charge in [0.25, 0.3) is 5.91 Å². The monoisotopic (exact) mass is 810 g/mol. The molecule has 1 aliphatic carbocycles. The number of aromatic nitrogens is 1. The Morgan fingerprint density at radius 2 is 1.64 bits per heavy atom. The summed E-state index contributed by atoms with van der Waals surface area (Å²) in [6.45, 7) is 11.3. The van der Waals surface area contributed by atoms with Gasteiger partial charge in [0.15, 0.2) is 0 Å². The Morgan fingerprint density at radius 1 is 0.932 bits per heavy atom. The number of hydrogen-bond acceptors (Lipinski definition) is 6. The van der Waals surface area contributed by atoms with E-state index in [-0.39, 0.29) is 29.6 Å². The molecule has 0 spiro atoms. The number of piperidine rings is 1. The van der Waals surface area contributed by atoms with Crippen LogP contribution in [0, 0.1) is 22.2 Å². The molecule has 3 heterocycles. The number of amides is 4. The van der Waals surface area contributed by atoms with E-state index < -0.39 is 34.2 Å². The zero-order valence-electron chi connectivity index (χ0n) is 34.2. The van der Waals surface area contributed by atoms with Crippen LogP contribution >= 0.6 is 0 Å². The molecule has 3 fully saturated rings. The first-order valence-corrected chi connectivity index (χ1v) is 20.7. The minimum absolute atomic E-state index is 0.0338. The van der Waals surface area contributed by atoms with E-state index >= 15 is 0 Å². The summed E-state index contributed by atoms with van der Waals surface area (Å²) in [5.74, 6) is -0.407. The number of halogens is 3. The Hall–Kier alpha value is -5.35. The van der Waals surface area contributed by atoms with Crippen LogP contribution in [0.3, 0.4) is 0 Å². The van der Waals surface area contributed by atoms with Crippen molar-refractivity contribution in [3.05, 3.63) is 95.2 Å². The third-order valence-corrected chi connectivity index (χ3v) is 12.7. The molecular weight excluding hydrogens is 758 g/mol. The number of carbonyl (C=O) groups excluding carboxylic acids is 3. The van der Waals surface area contributed by atoms with Gasteiger partial charge >= 0.3 is 12.2 Å². The van der Waals surface area contributed by atoms with Gasteiger partial charge in [-0.3, -0.25) is 19.8 Å². The predicted molar refractivity (Wildman–Crippen MR) is 220 cm³/mol. The summed E-state index contributed by atoms with van der Waals surface area (Å²) in [7, 11) is 0. The highest BCUT2D eigenvalue weighted by Gasteiger charge is 2.64. The van der Waals surface area contributed by atoms with Gasteiger partial charge in [0.2, 0.25) is 5.91 Å². The van der Waals surface area contributed by atoms with Gasteiger partial charge in [-0.05, 0) is 92.7 Å². The minimum atomic E-state index is -4.68. The number of nitrogens with one attached hydrogen (secondary N) is 2. The van der Waals surface area contributed by atoms with Gasteiger partial charge in [-0.1, -0.05) is 58.7 Å². The average Bonchev–Trinajstić information content (AvgIpc) is 3.65. The van der Waals surface area contributed by atoms with Crippen LogP contribution in [0.2, 0.25) is 0 Å². The number of rotatable bonds is 13. The molecule has 1 aromatic heterocycles. The number of nitrogens with zero attached hydrogens (tertiary/aromatic N) is 4. The van der Waals surface area contributed by atoms with Gasteiger partial charge in [-0.2, -0.15) is 18.4 Å². The molecule has 0 atom stereocenters. The number of anilines is 1. The number of likely N-dealkylation sites (tertiary alicyclic amines) is 1. The molecule has 2 saturated heterocycles. The van der Waals surface area contributed by atoms with Crippen molar-refractivity contribution in [3.63, 3.8) is 0 Å². The van der Waals surface area contributed by atoms with Gasteiger partial charge in [0.05, 0.1) is 28.4 Å². The molecule has 1 saturated carbocycles. The van der Waals surface area contributed by atoms with Crippen molar-refractivity contribution >= 4 is 34.4 Å². The molecule has 4 amide bonds. The van der Waals surface area contributed by atoms with E-state index in [2.05, 4.69) is 38.4 Å². The van der Waals surface area contributed by atoms with Crippen LogP contribution in [0.5, 0.6) is 5.75 Å². The molecule has 3 aliphatic rings. The Balaban J connectivity index is 0.817. The molecule has 7 rings (SSSR count). The van der Waals surface area contributed by atoms with Crippen LogP contribution < -0.4 is 20.3 Å². The number of urea groups is 1. The Bertz CT molecular complexity index is 2220. The molecule has 59 heavy (non-hydrogen) atoms. The number of aryl methyl sites for hydroxylation is 1. The first-order valence-electron chi connectivity index (χ1n) is 20.7. The number of alkyl halides is 3. The topological polar surface area (TPSA) is 120 Å². The maximum atomic E-state index is 13.6. The molecule has 2 aliphatic heterocycles. The summed E-state index contributed by atoms with van der Waals surface area (Å²) in [6.07, 6.45) is 4.87. The van der Waals surface area contributed by atoms with Crippen molar-refractivity contribution < 1.29 is 32.3 Å². The lowest BCUT2D eigenvalue weighted by Crippen LogP contribution is -2.74. The number of hydrogen-bond donors (Lipinski definition) is 2. The molecule has 13 heteroatoms. The number of benzene rings is 3. The van der Waals surface area contributed by atoms with Gasteiger partial charge in [-0.15, -0.1) is 0 Å². The number of nitriles is 1. The van der Waals surface area contributed by atoms with Crippen LogP contribution in [0.25, 0.3) is 10.9 Å². The maximum absolute atomic E-state index is 13.6. The fraction of sp³-hybridized carbons (Fsp3) is 0.478. The molecule has 10 nitrogen and oxygen atoms in total. The largest absolute Gasteiger partial charge is 0.489 e. The summed E-state index contributed by atoms with van der Waals surface area (Å²) < 4.78 is 49.2. The van der Waals surface area contributed by atoms with Crippen molar-refractivity contribution in [1.82, 2.24) is 20.1 Å². The highest BCUT2D eigenvalue weighted by molar-refractivity contribution is 6.09. The van der Waals surface area contributed by atoms with E-state index in [0.29, 0.717) is 24.6 Å². The second-order valence-electron chi connectivity index (χ2n) is 17.5. The molecule has 0 unspecified atom stereocenters. The number of fused-ring (bicyclic) bond motifs is 1. The lowest BCUT2D eigenvalue weighted by molar-refractivity contribution is -0.164. The fourth-order valence-electron chi connectivity index (χ4n) is 9.86. The summed E-state index contributed by atoms with van der Waals surface area (Å²) in [5.41, 5.74) is 1.05. The lowest BCUT2D eigenvalue weighted by Gasteiger charge is -2.63. The summed E-state index contributed by atoms with van der Waals surface area (Å²) in [6, 6.07) is 20.6. The average molecular weight is 811 g/mol. The van der Waals surface area contributed by atoms with Gasteiger partial charge < -0.3 is 19.5 Å². The Morgan fingerprint density at radius 3 is 2.32 bits per heavy atom. The van der Waals surface area contributed by atoms with Crippen LogP contribution in [0.1, 0.15) is 106 Å². The summed E-state index contributed by atoms with van der Waals surface area (Å²) >= 11 is 0. The van der Waals surface area contributed by atoms with Crippen molar-refractivity contribution in [3.8, 4) is 11.8 Å². The summed E-state index contributed by atoms with van der Waals surface area (Å²) in [5, 5.41) is 15.8. The van der Waals surface area contributed by atoms with Crippen LogP contribution in [0.15, 0.2) is 72.9 Å². The Kier molecular flexibility index (Phi) is 11.8. The highest BCUT2D eigenvalue weighted by atomic mass is 19.4. The number of ether oxygens (including phenoxy) is 1. The SMILES string of the molecule is CC1(C)C(NC(=O)c2ccc(CCCCCCN3CCC(n4ccc5c(N6CCC(=O)NC6=O)cccc54)CC3)cc2)C(C)(C)C1Oc1ccc(C#N)c(C(F)(F)F)c1. The maximum Gasteiger partial charge on any atom is 0.417 e. The Labute approximate surface area is 343 Å². The van der Waals surface area contributed by atoms with Crippen molar-refractivity contribution in [2.45, 2.75) is 103 Å². The first kappa shape index (κ1) is 41.8. The summed E-state index contributed by atoms with van der Waals surface area (Å²) in [4.78, 5) is 41.8. The molecule has 0 bridgehead atoms. The second kappa shape index (κ2) is 16.7. The molecular formula is C46H53F3N6O4. The number of unbranched alkanes of at least 4 members (excludes halogenated alkanes) is 3. The molecule has 3 aromatic carbocycles. The standard InChI is InChI=1S/C46H53F3N6O4/c1-44(2)41(45(3,4)42(44)59-34-18-17-32(29-50)36(28-34)46(47,48)49)52-40(57)31-15-13-30(14-16-31)10-7-5-6-8-23-53-24-19-33(20-25-53)54-26-21-35-37(54)11-9-12-38(35)55-27-22-39(56)51-43(55)58/h9,11-18,21,26,28,33,41-42H,5-8,10,19-20,22-25,27H2,1-4H3,(H,52,57)(H,51,56,58). The van der Waals surface area contributed by atoms with E-state index in [1.165, 1.54) is 11.6 Å². The third-order valence-electron chi connectivity index (χ3n) is 12.7. The second-order valence-corrected chi connectivity index (χ2v) is 17.5. The van der Waals surface area contributed by atoms with Crippen LogP contribution in [0.4, 0.5) is 23.7 Å². The van der Waals surface area contributed by atoms with Crippen molar-refractivity contribution in [2.75, 3.05) is 31.1 Å². The normalized spacial score (nSPS) is 20.8. The van der Waals surface area contributed by atoms with Gasteiger partial charge in [0, 0.05) is 66.1 Å². The van der Waals surface area contributed by atoms with Crippen LogP contribution in [-0.2, 0) is 17.4 Å². The van der Waals surface area contributed by atoms with E-state index in [1.807, 2.05) is 64.1 Å².